The number of nitrogens with zero attached hydrogens (tertiary/aromatic N) is 1. The van der Waals surface area contributed by atoms with Gasteiger partial charge in [-0.2, -0.15) is 0 Å². The average Bonchev–Trinajstić information content (AvgIpc) is 3.27. The van der Waals surface area contributed by atoms with E-state index >= 15 is 0 Å². The first kappa shape index (κ1) is 17.0. The lowest BCUT2D eigenvalue weighted by atomic mass is 9.73. The third-order valence-corrected chi connectivity index (χ3v) is 5.72. The molecule has 0 aromatic rings. The van der Waals surface area contributed by atoms with E-state index in [1.807, 2.05) is 6.20 Å². The van der Waals surface area contributed by atoms with Gasteiger partial charge in [-0.15, -0.1) is 6.58 Å². The van der Waals surface area contributed by atoms with E-state index in [1.165, 1.54) is 23.3 Å². The van der Waals surface area contributed by atoms with Crippen LogP contribution in [0.4, 0.5) is 0 Å². The average molecular weight is 319 g/mol. The van der Waals surface area contributed by atoms with Gasteiger partial charge in [0.05, 0.1) is 0 Å². The van der Waals surface area contributed by atoms with Crippen LogP contribution in [0.2, 0.25) is 0 Å². The van der Waals surface area contributed by atoms with Crippen LogP contribution in [-0.4, -0.2) is 5.71 Å². The zero-order valence-corrected chi connectivity index (χ0v) is 15.0. The van der Waals surface area contributed by atoms with Crippen molar-refractivity contribution in [3.05, 3.63) is 72.5 Å². The molecule has 1 heteroatoms. The van der Waals surface area contributed by atoms with Crippen LogP contribution in [-0.2, 0) is 0 Å². The molecule has 0 amide bonds. The molecule has 0 N–H and O–H groups in total. The molecule has 0 saturated heterocycles. The van der Waals surface area contributed by atoms with Gasteiger partial charge < -0.3 is 0 Å². The summed E-state index contributed by atoms with van der Waals surface area (Å²) >= 11 is 0. The summed E-state index contributed by atoms with van der Waals surface area (Å²) < 4.78 is 0. The van der Waals surface area contributed by atoms with Crippen LogP contribution in [0.25, 0.3) is 0 Å². The van der Waals surface area contributed by atoms with Crippen molar-refractivity contribution in [2.75, 3.05) is 0 Å². The van der Waals surface area contributed by atoms with Gasteiger partial charge in [0, 0.05) is 11.9 Å². The first-order chi connectivity index (χ1) is 11.7. The Hall–Kier alpha value is -1.89. The lowest BCUT2D eigenvalue weighted by molar-refractivity contribution is 0.415. The molecule has 0 radical (unpaired) electrons. The second-order valence-electron chi connectivity index (χ2n) is 7.22. The Morgan fingerprint density at radius 3 is 2.79 bits per heavy atom. The second-order valence-corrected chi connectivity index (χ2v) is 7.22. The fraction of sp³-hybridized carbons (Fsp3) is 0.435. The molecule has 0 spiro atoms. The smallest absolute Gasteiger partial charge is 0.0444 e. The van der Waals surface area contributed by atoms with Gasteiger partial charge in [0.1, 0.15) is 0 Å². The predicted octanol–water partition coefficient (Wildman–Crippen LogP) is 6.34. The number of aliphatic imine (C=N–C) groups is 1. The third kappa shape index (κ3) is 3.17. The second kappa shape index (κ2) is 7.34. The first-order valence-corrected chi connectivity index (χ1v) is 9.26. The van der Waals surface area contributed by atoms with Crippen molar-refractivity contribution in [1.29, 1.82) is 0 Å². The van der Waals surface area contributed by atoms with E-state index in [4.69, 9.17) is 4.99 Å². The maximum absolute atomic E-state index is 4.80. The quantitative estimate of drug-likeness (QED) is 0.506. The topological polar surface area (TPSA) is 12.4 Å². The summed E-state index contributed by atoms with van der Waals surface area (Å²) in [4.78, 5) is 4.80. The molecule has 1 fully saturated rings. The highest BCUT2D eigenvalue weighted by molar-refractivity contribution is 6.02. The predicted molar refractivity (Wildman–Crippen MR) is 105 cm³/mol. The minimum atomic E-state index is 0.282. The van der Waals surface area contributed by atoms with Crippen molar-refractivity contribution in [2.24, 2.45) is 22.2 Å². The van der Waals surface area contributed by atoms with Crippen LogP contribution in [0.15, 0.2) is 77.5 Å². The lowest BCUT2D eigenvalue weighted by Gasteiger charge is -2.31. The normalized spacial score (nSPS) is 31.9. The Labute approximate surface area is 147 Å². The monoisotopic (exact) mass is 319 g/mol. The molecule has 3 atom stereocenters. The van der Waals surface area contributed by atoms with E-state index in [0.29, 0.717) is 5.92 Å². The Morgan fingerprint density at radius 2 is 2.25 bits per heavy atom. The van der Waals surface area contributed by atoms with Crippen molar-refractivity contribution >= 4 is 5.71 Å². The Morgan fingerprint density at radius 1 is 1.42 bits per heavy atom. The summed E-state index contributed by atoms with van der Waals surface area (Å²) in [6, 6.07) is 0. The fourth-order valence-corrected chi connectivity index (χ4v) is 4.42. The van der Waals surface area contributed by atoms with E-state index in [2.05, 4.69) is 69.0 Å². The molecular formula is C23H29N. The minimum absolute atomic E-state index is 0.282. The van der Waals surface area contributed by atoms with Crippen molar-refractivity contribution in [2.45, 2.75) is 46.0 Å². The maximum Gasteiger partial charge on any atom is 0.0444 e. The minimum Gasteiger partial charge on any atom is -0.261 e. The van der Waals surface area contributed by atoms with Gasteiger partial charge in [0.25, 0.3) is 0 Å². The molecule has 0 aromatic heterocycles. The highest BCUT2D eigenvalue weighted by Crippen LogP contribution is 2.62. The molecule has 0 aromatic carbocycles. The van der Waals surface area contributed by atoms with Crippen LogP contribution < -0.4 is 0 Å². The highest BCUT2D eigenvalue weighted by Gasteiger charge is 2.55. The molecule has 1 nitrogen and oxygen atoms in total. The standard InChI is InChI=1S/C23H29N/c1-4-11-20(23(15-5-2)17-18(23)3)22(19-12-7-6-8-13-19)21-14-9-10-16-24-21/h4-8,10,12,15-16,18,20H,1,9,11,13-14,17H2,2-3H3/b15-5?,22-19+. The van der Waals surface area contributed by atoms with Crippen LogP contribution in [0.5, 0.6) is 0 Å². The van der Waals surface area contributed by atoms with Gasteiger partial charge in [0.2, 0.25) is 0 Å². The summed E-state index contributed by atoms with van der Waals surface area (Å²) in [5, 5.41) is 0. The van der Waals surface area contributed by atoms with E-state index in [-0.39, 0.29) is 5.41 Å². The molecule has 3 aliphatic rings. The van der Waals surface area contributed by atoms with E-state index in [9.17, 15) is 0 Å². The number of rotatable bonds is 6. The zero-order chi connectivity index (χ0) is 17.0. The maximum atomic E-state index is 4.80. The van der Waals surface area contributed by atoms with Gasteiger partial charge in [0.15, 0.2) is 0 Å². The van der Waals surface area contributed by atoms with E-state index in [1.54, 1.807) is 0 Å². The van der Waals surface area contributed by atoms with Gasteiger partial charge in [-0.3, -0.25) is 4.99 Å². The molecule has 3 unspecified atom stereocenters. The van der Waals surface area contributed by atoms with Crippen molar-refractivity contribution in [3.8, 4) is 0 Å². The van der Waals surface area contributed by atoms with Gasteiger partial charge in [-0.1, -0.05) is 55.5 Å². The summed E-state index contributed by atoms with van der Waals surface area (Å²) in [5.74, 6) is 1.22. The van der Waals surface area contributed by atoms with Crippen molar-refractivity contribution in [3.63, 3.8) is 0 Å². The zero-order valence-electron chi connectivity index (χ0n) is 15.0. The molecule has 126 valence electrons. The van der Waals surface area contributed by atoms with Crippen molar-refractivity contribution in [1.82, 2.24) is 0 Å². The summed E-state index contributed by atoms with van der Waals surface area (Å²) in [6.07, 6.45) is 25.3. The molecule has 1 aliphatic heterocycles. The molecule has 0 bridgehead atoms. The molecule has 24 heavy (non-hydrogen) atoms. The fourth-order valence-electron chi connectivity index (χ4n) is 4.42. The Kier molecular flexibility index (Phi) is 5.18. The van der Waals surface area contributed by atoms with Gasteiger partial charge in [-0.25, -0.2) is 0 Å². The summed E-state index contributed by atoms with van der Waals surface area (Å²) in [7, 11) is 0. The number of allylic oxidation sites excluding steroid dienone is 10. The van der Waals surface area contributed by atoms with E-state index in [0.717, 1.165) is 31.6 Å². The summed E-state index contributed by atoms with van der Waals surface area (Å²) in [5.41, 5.74) is 4.51. The molecular weight excluding hydrogens is 290 g/mol. The molecule has 1 heterocycles. The van der Waals surface area contributed by atoms with E-state index < -0.39 is 0 Å². The first-order valence-electron chi connectivity index (χ1n) is 9.26. The van der Waals surface area contributed by atoms with Crippen LogP contribution in [0.3, 0.4) is 0 Å². The van der Waals surface area contributed by atoms with Crippen LogP contribution in [0.1, 0.15) is 46.0 Å². The Balaban J connectivity index is 2.10. The third-order valence-electron chi connectivity index (χ3n) is 5.72. The lowest BCUT2D eigenvalue weighted by Crippen LogP contribution is -2.25. The number of hydrogen-bond donors (Lipinski definition) is 0. The van der Waals surface area contributed by atoms with Gasteiger partial charge >= 0.3 is 0 Å². The van der Waals surface area contributed by atoms with Crippen molar-refractivity contribution < 1.29 is 0 Å². The van der Waals surface area contributed by atoms with Crippen LogP contribution in [0, 0.1) is 17.3 Å². The van der Waals surface area contributed by atoms with Crippen LogP contribution >= 0.6 is 0 Å². The van der Waals surface area contributed by atoms with Gasteiger partial charge in [-0.05, 0) is 67.4 Å². The SMILES string of the molecule is C=CCC(/C(C1=NC=CCC1)=C1/C=CC=CC1)C1(C=CC)CC1C. The highest BCUT2D eigenvalue weighted by atomic mass is 14.7. The Bertz CT molecular complexity index is 668. The molecule has 3 rings (SSSR count). The number of hydrogen-bond acceptors (Lipinski definition) is 1. The molecule has 1 saturated carbocycles. The molecule has 2 aliphatic carbocycles. The largest absolute Gasteiger partial charge is 0.261 e. The summed E-state index contributed by atoms with van der Waals surface area (Å²) in [6.45, 7) is 8.60.